The number of carbonyl (C=O) groups excluding carboxylic acids is 2. The Kier molecular flexibility index (Phi) is 5.77. The molecule has 0 aromatic carbocycles. The number of likely N-dealkylation sites (tertiary alicyclic amines) is 1. The second-order valence-electron chi connectivity index (χ2n) is 6.23. The molecule has 2 rings (SSSR count). The van der Waals surface area contributed by atoms with E-state index in [1.807, 2.05) is 23.9 Å². The predicted octanol–water partition coefficient (Wildman–Crippen LogP) is -0.238. The zero-order valence-electron chi connectivity index (χ0n) is 13.8. The summed E-state index contributed by atoms with van der Waals surface area (Å²) in [6, 6.07) is 0. The normalized spacial score (nSPS) is 20.6. The molecule has 0 N–H and O–H groups in total. The Hall–Kier alpha value is -1.18. The van der Waals surface area contributed by atoms with Crippen molar-refractivity contribution in [3.63, 3.8) is 0 Å². The Morgan fingerprint density at radius 3 is 2.18 bits per heavy atom. The summed E-state index contributed by atoms with van der Waals surface area (Å²) in [6.07, 6.45) is 1.41. The van der Waals surface area contributed by atoms with E-state index in [-0.39, 0.29) is 18.4 Å². The molecule has 2 aliphatic rings. The highest BCUT2D eigenvalue weighted by atomic mass is 16.7. The number of likely N-dealkylation sites (N-methyl/N-ethyl adjacent to an activating group) is 1. The molecule has 2 saturated heterocycles. The van der Waals surface area contributed by atoms with Crippen LogP contribution < -0.4 is 0 Å². The highest BCUT2D eigenvalue weighted by Crippen LogP contribution is 2.31. The van der Waals surface area contributed by atoms with Crippen LogP contribution in [0.2, 0.25) is 0 Å². The van der Waals surface area contributed by atoms with Crippen molar-refractivity contribution in [1.29, 1.82) is 0 Å². The van der Waals surface area contributed by atoms with E-state index in [0.29, 0.717) is 45.7 Å². The molecule has 0 saturated carbocycles. The summed E-state index contributed by atoms with van der Waals surface area (Å²) in [5.74, 6) is -0.532. The molecule has 22 heavy (non-hydrogen) atoms. The number of rotatable bonds is 5. The lowest BCUT2D eigenvalue weighted by molar-refractivity contribution is -0.187. The van der Waals surface area contributed by atoms with E-state index in [0.717, 1.165) is 6.54 Å². The lowest BCUT2D eigenvalue weighted by atomic mass is 10.0. The van der Waals surface area contributed by atoms with Gasteiger partial charge in [-0.3, -0.25) is 9.59 Å². The molecule has 2 amide bonds. The minimum absolute atomic E-state index is 0.00167. The third-order valence-corrected chi connectivity index (χ3v) is 4.28. The summed E-state index contributed by atoms with van der Waals surface area (Å²) in [5, 5.41) is 0. The van der Waals surface area contributed by atoms with Crippen LogP contribution in [0.15, 0.2) is 0 Å². The van der Waals surface area contributed by atoms with Crippen molar-refractivity contribution >= 4 is 11.8 Å². The van der Waals surface area contributed by atoms with Crippen LogP contribution in [-0.4, -0.2) is 92.3 Å². The zero-order chi connectivity index (χ0) is 16.2. The van der Waals surface area contributed by atoms with Gasteiger partial charge in [-0.05, 0) is 14.1 Å². The minimum Gasteiger partial charge on any atom is -0.347 e. The van der Waals surface area contributed by atoms with Crippen molar-refractivity contribution in [2.24, 2.45) is 0 Å². The molecule has 0 unspecified atom stereocenters. The lowest BCUT2D eigenvalue weighted by Crippen LogP contribution is -2.50. The number of ether oxygens (including phenoxy) is 2. The fraction of sp³-hybridized carbons (Fsp3) is 0.867. The fourth-order valence-electron chi connectivity index (χ4n) is 2.81. The van der Waals surface area contributed by atoms with Crippen molar-refractivity contribution in [1.82, 2.24) is 14.7 Å². The molecule has 7 heteroatoms. The molecule has 126 valence electrons. The van der Waals surface area contributed by atoms with E-state index in [2.05, 4.69) is 0 Å². The van der Waals surface area contributed by atoms with Gasteiger partial charge in [0.2, 0.25) is 11.8 Å². The third kappa shape index (κ3) is 4.41. The topological polar surface area (TPSA) is 62.3 Å². The van der Waals surface area contributed by atoms with Crippen molar-refractivity contribution < 1.29 is 19.1 Å². The average molecular weight is 313 g/mol. The van der Waals surface area contributed by atoms with Crippen LogP contribution in [0.4, 0.5) is 0 Å². The second-order valence-corrected chi connectivity index (χ2v) is 6.23. The highest BCUT2D eigenvalue weighted by molar-refractivity contribution is 5.83. The number of amides is 2. The van der Waals surface area contributed by atoms with Crippen molar-refractivity contribution in [3.8, 4) is 0 Å². The Bertz CT molecular complexity index is 398. The summed E-state index contributed by atoms with van der Waals surface area (Å²) in [6.45, 7) is 5.49. The van der Waals surface area contributed by atoms with Crippen molar-refractivity contribution in [2.75, 3.05) is 60.0 Å². The molecule has 2 fully saturated rings. The molecule has 0 aromatic rings. The quantitative estimate of drug-likeness (QED) is 0.701. The number of hydrogen-bond donors (Lipinski definition) is 0. The van der Waals surface area contributed by atoms with Gasteiger partial charge >= 0.3 is 0 Å². The van der Waals surface area contributed by atoms with E-state index in [1.165, 1.54) is 6.92 Å². The summed E-state index contributed by atoms with van der Waals surface area (Å²) in [4.78, 5) is 29.5. The van der Waals surface area contributed by atoms with Crippen molar-refractivity contribution in [3.05, 3.63) is 0 Å². The van der Waals surface area contributed by atoms with E-state index in [1.54, 1.807) is 4.90 Å². The van der Waals surface area contributed by atoms with Gasteiger partial charge in [0, 0.05) is 45.9 Å². The molecule has 7 nitrogen and oxygen atoms in total. The van der Waals surface area contributed by atoms with Gasteiger partial charge in [-0.2, -0.15) is 0 Å². The smallest absolute Gasteiger partial charge is 0.242 e. The summed E-state index contributed by atoms with van der Waals surface area (Å²) in [5.41, 5.74) is 0. The highest BCUT2D eigenvalue weighted by Gasteiger charge is 2.40. The summed E-state index contributed by atoms with van der Waals surface area (Å²) < 4.78 is 11.3. The summed E-state index contributed by atoms with van der Waals surface area (Å²) >= 11 is 0. The SMILES string of the molecule is CC(=O)N(CCN(C)C)CC(=O)N1CCC2(CC1)OCCO2. The molecule has 0 atom stereocenters. The van der Waals surface area contributed by atoms with Gasteiger partial charge in [0.25, 0.3) is 0 Å². The molecule has 0 aromatic heterocycles. The Morgan fingerprint density at radius 1 is 1.09 bits per heavy atom. The van der Waals surface area contributed by atoms with Gasteiger partial charge in [-0.1, -0.05) is 0 Å². The fourth-order valence-corrected chi connectivity index (χ4v) is 2.81. The second kappa shape index (κ2) is 7.39. The van der Waals surface area contributed by atoms with Crippen molar-refractivity contribution in [2.45, 2.75) is 25.6 Å². The largest absolute Gasteiger partial charge is 0.347 e. The number of carbonyl (C=O) groups is 2. The van der Waals surface area contributed by atoms with Crippen LogP contribution in [0, 0.1) is 0 Å². The molecule has 0 bridgehead atoms. The minimum atomic E-state index is -0.470. The number of hydrogen-bond acceptors (Lipinski definition) is 5. The van der Waals surface area contributed by atoms with Crippen LogP contribution in [0.1, 0.15) is 19.8 Å². The van der Waals surface area contributed by atoms with Crippen LogP contribution in [-0.2, 0) is 19.1 Å². The first-order valence-electron chi connectivity index (χ1n) is 7.88. The van der Waals surface area contributed by atoms with Gasteiger partial charge in [0.1, 0.15) is 0 Å². The van der Waals surface area contributed by atoms with Gasteiger partial charge in [-0.15, -0.1) is 0 Å². The Balaban J connectivity index is 1.82. The molecule has 0 radical (unpaired) electrons. The molecule has 1 spiro atoms. The van der Waals surface area contributed by atoms with Crippen LogP contribution in [0.5, 0.6) is 0 Å². The standard InChI is InChI=1S/C15H27N3O4/c1-13(19)18(9-8-16(2)3)12-14(20)17-6-4-15(5-7-17)21-10-11-22-15/h4-12H2,1-3H3. The average Bonchev–Trinajstić information content (AvgIpc) is 2.91. The first-order chi connectivity index (χ1) is 10.4. The van der Waals surface area contributed by atoms with Gasteiger partial charge in [0.15, 0.2) is 5.79 Å². The third-order valence-electron chi connectivity index (χ3n) is 4.28. The van der Waals surface area contributed by atoms with Crippen LogP contribution in [0.25, 0.3) is 0 Å². The molecule has 2 heterocycles. The maximum absolute atomic E-state index is 12.4. The predicted molar refractivity (Wildman–Crippen MR) is 81.3 cm³/mol. The van der Waals surface area contributed by atoms with E-state index in [4.69, 9.17) is 9.47 Å². The Morgan fingerprint density at radius 2 is 1.68 bits per heavy atom. The number of piperidine rings is 1. The van der Waals surface area contributed by atoms with Gasteiger partial charge in [-0.25, -0.2) is 0 Å². The number of nitrogens with zero attached hydrogens (tertiary/aromatic N) is 3. The maximum Gasteiger partial charge on any atom is 0.242 e. The van der Waals surface area contributed by atoms with E-state index in [9.17, 15) is 9.59 Å². The molecule has 2 aliphatic heterocycles. The first-order valence-corrected chi connectivity index (χ1v) is 7.88. The Labute approximate surface area is 132 Å². The molecular formula is C15H27N3O4. The maximum atomic E-state index is 12.4. The lowest BCUT2D eigenvalue weighted by Gasteiger charge is -2.38. The first kappa shape index (κ1) is 17.2. The van der Waals surface area contributed by atoms with Gasteiger partial charge in [0.05, 0.1) is 19.8 Å². The van der Waals surface area contributed by atoms with E-state index >= 15 is 0 Å². The van der Waals surface area contributed by atoms with E-state index < -0.39 is 5.79 Å². The summed E-state index contributed by atoms with van der Waals surface area (Å²) in [7, 11) is 3.90. The molecule has 0 aliphatic carbocycles. The van der Waals surface area contributed by atoms with Crippen LogP contribution in [0.3, 0.4) is 0 Å². The van der Waals surface area contributed by atoms with Gasteiger partial charge < -0.3 is 24.2 Å². The molecular weight excluding hydrogens is 286 g/mol. The zero-order valence-corrected chi connectivity index (χ0v) is 13.8. The monoisotopic (exact) mass is 313 g/mol. The van der Waals surface area contributed by atoms with Crippen LogP contribution >= 0.6 is 0 Å².